The summed E-state index contributed by atoms with van der Waals surface area (Å²) >= 11 is 0. The van der Waals surface area contributed by atoms with Crippen molar-refractivity contribution in [2.75, 3.05) is 19.7 Å². The van der Waals surface area contributed by atoms with Crippen LogP contribution in [0, 0.1) is 11.8 Å². The number of aliphatic hydroxyl groups is 2. The third-order valence-corrected chi connectivity index (χ3v) is 9.19. The van der Waals surface area contributed by atoms with Gasteiger partial charge in [-0.2, -0.15) is 0 Å². The van der Waals surface area contributed by atoms with E-state index in [2.05, 4.69) is 42.5 Å². The SMILES string of the molecule is CC[C@H](C)[C@H](NC(=O)[C@H](C)N)C(=O)N[C@@H](CO)C(=O)N[C@@H](C)C(=O)N[C@@H](CC(=O)O)C(=O)N[C@H](C(=O)N[C@@H](CC(C)C)C(=O)NCC(=O)N[C@@H](CCCCN)C(=O)O)[C@@H](C)O. The van der Waals surface area contributed by atoms with E-state index in [-0.39, 0.29) is 18.8 Å². The maximum atomic E-state index is 13.4. The van der Waals surface area contributed by atoms with Crippen molar-refractivity contribution < 1.29 is 68.4 Å². The molecule has 0 fully saturated rings. The summed E-state index contributed by atoms with van der Waals surface area (Å²) in [7, 11) is 0. The van der Waals surface area contributed by atoms with Crippen LogP contribution in [0.3, 0.4) is 0 Å². The highest BCUT2D eigenvalue weighted by Gasteiger charge is 2.35. The van der Waals surface area contributed by atoms with Gasteiger partial charge >= 0.3 is 11.9 Å². The molecule has 24 nitrogen and oxygen atoms in total. The molecular weight excluding hydrogens is 808 g/mol. The minimum Gasteiger partial charge on any atom is -0.481 e. The predicted molar refractivity (Wildman–Crippen MR) is 216 cm³/mol. The number of carbonyl (C=O) groups is 10. The third kappa shape index (κ3) is 21.1. The van der Waals surface area contributed by atoms with E-state index >= 15 is 0 Å². The number of carboxylic acids is 2. The van der Waals surface area contributed by atoms with Crippen LogP contribution >= 0.6 is 0 Å². The number of aliphatic carboxylic acids is 2. The number of aliphatic hydroxyl groups excluding tert-OH is 2. The molecule has 0 saturated heterocycles. The predicted octanol–water partition coefficient (Wildman–Crippen LogP) is -4.98. The van der Waals surface area contributed by atoms with E-state index < -0.39 is 139 Å². The molecule has 0 radical (unpaired) electrons. The first-order valence-electron chi connectivity index (χ1n) is 20.0. The zero-order chi connectivity index (χ0) is 47.1. The Morgan fingerprint density at radius 3 is 1.64 bits per heavy atom. The Kier molecular flexibility index (Phi) is 25.6. The van der Waals surface area contributed by atoms with Crippen molar-refractivity contribution in [2.24, 2.45) is 23.3 Å². The van der Waals surface area contributed by atoms with E-state index in [4.69, 9.17) is 11.5 Å². The lowest BCUT2D eigenvalue weighted by Gasteiger charge is -2.28. The van der Waals surface area contributed by atoms with Gasteiger partial charge in [-0.15, -0.1) is 0 Å². The van der Waals surface area contributed by atoms with Crippen LogP contribution in [0.25, 0.3) is 0 Å². The van der Waals surface area contributed by atoms with Crippen molar-refractivity contribution in [3.63, 3.8) is 0 Å². The van der Waals surface area contributed by atoms with Crippen LogP contribution in [0.15, 0.2) is 0 Å². The number of nitrogens with two attached hydrogens (primary N) is 2. The zero-order valence-corrected chi connectivity index (χ0v) is 35.7. The molecule has 61 heavy (non-hydrogen) atoms. The fourth-order valence-electron chi connectivity index (χ4n) is 5.41. The number of hydrogen-bond donors (Lipinski definition) is 14. The highest BCUT2D eigenvalue weighted by atomic mass is 16.4. The van der Waals surface area contributed by atoms with Crippen LogP contribution in [-0.4, -0.2) is 154 Å². The quantitative estimate of drug-likeness (QED) is 0.0313. The van der Waals surface area contributed by atoms with Crippen LogP contribution < -0.4 is 54.0 Å². The Morgan fingerprint density at radius 1 is 0.607 bits per heavy atom. The molecule has 0 heterocycles. The summed E-state index contributed by atoms with van der Waals surface area (Å²) in [6.07, 6.45) is -1.19. The molecule has 0 aromatic heterocycles. The summed E-state index contributed by atoms with van der Waals surface area (Å²) in [6.45, 7) is 9.23. The Labute approximate surface area is 354 Å². The fourth-order valence-corrected chi connectivity index (χ4v) is 5.41. The lowest BCUT2D eigenvalue weighted by atomic mass is 9.97. The second kappa shape index (κ2) is 28.1. The summed E-state index contributed by atoms with van der Waals surface area (Å²) in [5, 5.41) is 57.5. The Morgan fingerprint density at radius 2 is 1.15 bits per heavy atom. The van der Waals surface area contributed by atoms with Crippen molar-refractivity contribution in [3.05, 3.63) is 0 Å². The molecular formula is C37H66N10O14. The minimum atomic E-state index is -1.89. The van der Waals surface area contributed by atoms with E-state index in [0.717, 1.165) is 13.8 Å². The number of hydrogen-bond acceptors (Lipinski definition) is 14. The van der Waals surface area contributed by atoms with Gasteiger partial charge in [-0.3, -0.25) is 43.2 Å². The molecule has 16 N–H and O–H groups in total. The first-order chi connectivity index (χ1) is 28.4. The molecule has 0 aliphatic carbocycles. The van der Waals surface area contributed by atoms with Crippen molar-refractivity contribution in [3.8, 4) is 0 Å². The third-order valence-electron chi connectivity index (χ3n) is 9.19. The number of amides is 8. The summed E-state index contributed by atoms with van der Waals surface area (Å²) in [5.41, 5.74) is 11.0. The maximum absolute atomic E-state index is 13.4. The molecule has 0 rings (SSSR count). The zero-order valence-electron chi connectivity index (χ0n) is 35.7. The van der Waals surface area contributed by atoms with Crippen molar-refractivity contribution in [2.45, 2.75) is 141 Å². The van der Waals surface area contributed by atoms with E-state index in [1.807, 2.05) is 0 Å². The van der Waals surface area contributed by atoms with Gasteiger partial charge in [0.25, 0.3) is 0 Å². The van der Waals surface area contributed by atoms with Gasteiger partial charge in [-0.1, -0.05) is 34.1 Å². The molecule has 348 valence electrons. The summed E-state index contributed by atoms with van der Waals surface area (Å²) in [5.74, 6) is -11.2. The average Bonchev–Trinajstić information content (AvgIpc) is 3.17. The average molecular weight is 875 g/mol. The monoisotopic (exact) mass is 874 g/mol. The normalized spacial score (nSPS) is 16.0. The molecule has 0 saturated carbocycles. The first kappa shape index (κ1) is 55.5. The van der Waals surface area contributed by atoms with Gasteiger partial charge in [0.1, 0.15) is 42.3 Å². The summed E-state index contributed by atoms with van der Waals surface area (Å²) < 4.78 is 0. The topological polar surface area (TPSA) is 400 Å². The van der Waals surface area contributed by atoms with Gasteiger partial charge in [0.2, 0.25) is 47.3 Å². The summed E-state index contributed by atoms with van der Waals surface area (Å²) in [4.78, 5) is 127. The van der Waals surface area contributed by atoms with Gasteiger partial charge in [0.15, 0.2) is 0 Å². The first-order valence-corrected chi connectivity index (χ1v) is 20.0. The van der Waals surface area contributed by atoms with Gasteiger partial charge in [0.05, 0.1) is 31.7 Å². The molecule has 0 aromatic rings. The van der Waals surface area contributed by atoms with E-state index in [9.17, 15) is 68.4 Å². The molecule has 0 aliphatic rings. The molecule has 0 bridgehead atoms. The molecule has 10 atom stereocenters. The van der Waals surface area contributed by atoms with E-state index in [1.165, 1.54) is 6.92 Å². The molecule has 8 amide bonds. The van der Waals surface area contributed by atoms with Crippen molar-refractivity contribution in [1.82, 2.24) is 42.5 Å². The number of carbonyl (C=O) groups excluding carboxylic acids is 8. The minimum absolute atomic E-state index is 0.00119. The molecule has 0 aliphatic heterocycles. The van der Waals surface area contributed by atoms with Crippen LogP contribution in [-0.2, 0) is 47.9 Å². The molecule has 24 heteroatoms. The molecule has 0 unspecified atom stereocenters. The number of unbranched alkanes of at least 4 members (excludes halogenated alkanes) is 1. The van der Waals surface area contributed by atoms with Gasteiger partial charge in [-0.25, -0.2) is 4.79 Å². The highest BCUT2D eigenvalue weighted by molar-refractivity contribution is 5.98. The fraction of sp³-hybridized carbons (Fsp3) is 0.730. The standard InChI is InChI=1S/C37H66N10O14/c1-8-18(4)28(46-30(53)19(5)39)35(58)45-25(16-48)34(57)41-20(6)31(54)43-24(14-27(51)52)33(56)47-29(21(7)49)36(59)44-23(13-17(2)3)32(55)40-15-26(50)42-22(37(60)61)11-9-10-12-38/h17-25,28-29,48-49H,8-16,38-39H2,1-7H3,(H,40,55)(H,41,57)(H,42,50)(H,43,54)(H,44,59)(H,45,58)(H,46,53)(H,47,56)(H,51,52)(H,60,61)/t18-,19-,20-,21+,22-,23-,24-,25-,28-,29-/m0/s1. The van der Waals surface area contributed by atoms with Crippen LogP contribution in [0.5, 0.6) is 0 Å². The van der Waals surface area contributed by atoms with Crippen LogP contribution in [0.4, 0.5) is 0 Å². The van der Waals surface area contributed by atoms with Crippen LogP contribution in [0.1, 0.15) is 87.0 Å². The summed E-state index contributed by atoms with van der Waals surface area (Å²) in [6, 6.07) is -11.5. The Hall–Kier alpha value is -5.46. The van der Waals surface area contributed by atoms with Gasteiger partial charge in [0, 0.05) is 0 Å². The Balaban J connectivity index is 5.86. The van der Waals surface area contributed by atoms with E-state index in [1.54, 1.807) is 27.7 Å². The lowest BCUT2D eigenvalue weighted by Crippen LogP contribution is -2.61. The smallest absolute Gasteiger partial charge is 0.326 e. The van der Waals surface area contributed by atoms with E-state index in [0.29, 0.717) is 25.8 Å². The molecule has 0 aromatic carbocycles. The Bertz CT molecular complexity index is 1530. The number of rotatable bonds is 29. The lowest BCUT2D eigenvalue weighted by molar-refractivity contribution is -0.142. The maximum Gasteiger partial charge on any atom is 0.326 e. The highest BCUT2D eigenvalue weighted by Crippen LogP contribution is 2.10. The van der Waals surface area contributed by atoms with Gasteiger partial charge in [-0.05, 0) is 64.8 Å². The van der Waals surface area contributed by atoms with Gasteiger partial charge < -0.3 is 74.4 Å². The molecule has 0 spiro atoms. The second-order valence-electron chi connectivity index (χ2n) is 15.2. The largest absolute Gasteiger partial charge is 0.481 e. The van der Waals surface area contributed by atoms with Crippen molar-refractivity contribution >= 4 is 59.2 Å². The number of carboxylic acid groups (broad SMARTS) is 2. The second-order valence-corrected chi connectivity index (χ2v) is 15.2. The van der Waals surface area contributed by atoms with Crippen LogP contribution in [0.2, 0.25) is 0 Å². The number of nitrogens with one attached hydrogen (secondary N) is 8. The van der Waals surface area contributed by atoms with Crippen molar-refractivity contribution in [1.29, 1.82) is 0 Å².